The van der Waals surface area contributed by atoms with Gasteiger partial charge in [-0.05, 0) is 0 Å². The molecule has 0 unspecified atom stereocenters. The molecule has 0 aliphatic heterocycles. The Hall–Kier alpha value is 7.65. The van der Waals surface area contributed by atoms with Crippen LogP contribution in [0.5, 0.6) is 0 Å². The maximum absolute atomic E-state index is 0. The van der Waals surface area contributed by atoms with E-state index in [2.05, 4.69) is 0 Å². The SMILES string of the molecule is I.I.I.I.I.I.[KH].[KH]. The van der Waals surface area contributed by atoms with E-state index in [0.717, 1.165) is 0 Å². The summed E-state index contributed by atoms with van der Waals surface area (Å²) in [5, 5.41) is 0. The van der Waals surface area contributed by atoms with Crippen LogP contribution in [0, 0.1) is 0 Å². The summed E-state index contributed by atoms with van der Waals surface area (Å²) in [7, 11) is 0. The summed E-state index contributed by atoms with van der Waals surface area (Å²) in [6.07, 6.45) is 0. The average molecular weight is 848 g/mol. The third-order valence-electron chi connectivity index (χ3n) is 0. The van der Waals surface area contributed by atoms with Crippen LogP contribution >= 0.6 is 144 Å². The van der Waals surface area contributed by atoms with Gasteiger partial charge in [0.05, 0.1) is 0 Å². The summed E-state index contributed by atoms with van der Waals surface area (Å²) >= 11 is 0. The standard InChI is InChI=1S/6HI.2K.2H/h6*1H;;;;. The Morgan fingerprint density at radius 1 is 0.250 bits per heavy atom. The van der Waals surface area contributed by atoms with E-state index < -0.39 is 0 Å². The molecule has 0 N–H and O–H groups in total. The van der Waals surface area contributed by atoms with Gasteiger partial charge < -0.3 is 0 Å². The van der Waals surface area contributed by atoms with E-state index in [9.17, 15) is 0 Å². The van der Waals surface area contributed by atoms with Crippen LogP contribution in [0.1, 0.15) is 0 Å². The molecule has 0 heterocycles. The Bertz CT molecular complexity index is 6.49. The van der Waals surface area contributed by atoms with Crippen molar-refractivity contribution in [2.24, 2.45) is 0 Å². The zero-order valence-electron chi connectivity index (χ0n) is 2.45. The van der Waals surface area contributed by atoms with Crippen LogP contribution in [0.4, 0.5) is 0 Å². The first-order valence-corrected chi connectivity index (χ1v) is 0. The van der Waals surface area contributed by atoms with Gasteiger partial charge in [0.2, 0.25) is 0 Å². The fraction of sp³-hybridized carbons (Fsp3) is 0. The van der Waals surface area contributed by atoms with E-state index in [1.165, 1.54) is 0 Å². The van der Waals surface area contributed by atoms with Crippen LogP contribution in [0.25, 0.3) is 0 Å². The zero-order valence-corrected chi connectivity index (χ0v) is 16.4. The van der Waals surface area contributed by atoms with Crippen molar-refractivity contribution >= 4 is 247 Å². The Balaban J connectivity index is 0. The van der Waals surface area contributed by atoms with Crippen molar-refractivity contribution in [3.05, 3.63) is 0 Å². The van der Waals surface area contributed by atoms with Crippen LogP contribution in [-0.4, -0.2) is 103 Å². The van der Waals surface area contributed by atoms with Crippen molar-refractivity contribution in [2.45, 2.75) is 0 Å². The summed E-state index contributed by atoms with van der Waals surface area (Å²) in [5.41, 5.74) is 0. The van der Waals surface area contributed by atoms with Crippen molar-refractivity contribution < 1.29 is 0 Å². The van der Waals surface area contributed by atoms with Gasteiger partial charge in [-0.2, -0.15) is 0 Å². The second-order valence-electron chi connectivity index (χ2n) is 0. The van der Waals surface area contributed by atoms with E-state index in [1.54, 1.807) is 0 Å². The van der Waals surface area contributed by atoms with Crippen molar-refractivity contribution in [3.8, 4) is 0 Å². The topological polar surface area (TPSA) is 0 Å². The first-order valence-electron chi connectivity index (χ1n) is 0. The molecule has 0 aromatic heterocycles. The number of hydrogen-bond acceptors (Lipinski definition) is 0. The molecule has 8 heavy (non-hydrogen) atoms. The van der Waals surface area contributed by atoms with Crippen molar-refractivity contribution in [1.82, 2.24) is 0 Å². The van der Waals surface area contributed by atoms with Crippen LogP contribution in [0.2, 0.25) is 0 Å². The quantitative estimate of drug-likeness (QED) is 0.260. The first kappa shape index (κ1) is 57.4. The molecule has 0 atom stereocenters. The molecule has 0 saturated carbocycles. The van der Waals surface area contributed by atoms with Crippen molar-refractivity contribution in [1.29, 1.82) is 0 Å². The van der Waals surface area contributed by atoms with E-state index in [4.69, 9.17) is 0 Å². The van der Waals surface area contributed by atoms with Crippen LogP contribution < -0.4 is 0 Å². The predicted octanol–water partition coefficient (Wildman–Crippen LogP) is 2.41. The third kappa shape index (κ3) is 37.3. The zero-order chi connectivity index (χ0) is 0. The Kier molecular flexibility index (Phi) is 335. The molecule has 0 fully saturated rings. The Morgan fingerprint density at radius 2 is 0.250 bits per heavy atom. The van der Waals surface area contributed by atoms with E-state index in [-0.39, 0.29) is 247 Å². The van der Waals surface area contributed by atoms with Crippen LogP contribution in [-0.2, 0) is 0 Å². The van der Waals surface area contributed by atoms with E-state index in [0.29, 0.717) is 0 Å². The number of halogens is 6. The molecular weight excluding hydrogens is 840 g/mol. The van der Waals surface area contributed by atoms with E-state index in [1.807, 2.05) is 0 Å². The monoisotopic (exact) mass is 847 g/mol. The number of rotatable bonds is 0. The van der Waals surface area contributed by atoms with Gasteiger partial charge >= 0.3 is 103 Å². The summed E-state index contributed by atoms with van der Waals surface area (Å²) < 4.78 is 0. The summed E-state index contributed by atoms with van der Waals surface area (Å²) in [5.74, 6) is 0. The van der Waals surface area contributed by atoms with Crippen molar-refractivity contribution in [3.63, 3.8) is 0 Å². The molecule has 0 radical (unpaired) electrons. The summed E-state index contributed by atoms with van der Waals surface area (Å²) in [6.45, 7) is 0. The number of hydrogen-bond donors (Lipinski definition) is 0. The Morgan fingerprint density at radius 3 is 0.250 bits per heavy atom. The van der Waals surface area contributed by atoms with Gasteiger partial charge in [-0.15, -0.1) is 144 Å². The minimum absolute atomic E-state index is 0. The molecule has 0 aliphatic rings. The molecule has 0 bridgehead atoms. The Labute approximate surface area is 238 Å². The maximum atomic E-state index is 0. The molecule has 0 nitrogen and oxygen atoms in total. The van der Waals surface area contributed by atoms with Gasteiger partial charge in [0.15, 0.2) is 0 Å². The molecular formula is H8I6K2. The molecule has 0 aromatic carbocycles. The molecule has 0 rings (SSSR count). The van der Waals surface area contributed by atoms with E-state index >= 15 is 0 Å². The fourth-order valence-electron chi connectivity index (χ4n) is 0. The molecule has 0 aromatic rings. The van der Waals surface area contributed by atoms with Crippen LogP contribution in [0.15, 0.2) is 0 Å². The fourth-order valence-corrected chi connectivity index (χ4v) is 0. The molecule has 0 saturated heterocycles. The molecule has 0 aliphatic carbocycles. The summed E-state index contributed by atoms with van der Waals surface area (Å²) in [4.78, 5) is 0. The van der Waals surface area contributed by atoms with Gasteiger partial charge in [-0.3, -0.25) is 0 Å². The average Bonchev–Trinajstić information content (AvgIpc) is 0. The minimum atomic E-state index is 0. The van der Waals surface area contributed by atoms with Gasteiger partial charge in [-0.1, -0.05) is 0 Å². The first-order chi connectivity index (χ1) is 0. The van der Waals surface area contributed by atoms with Gasteiger partial charge in [0.25, 0.3) is 0 Å². The second kappa shape index (κ2) is 46.6. The second-order valence-corrected chi connectivity index (χ2v) is 0. The molecule has 52 valence electrons. The van der Waals surface area contributed by atoms with Crippen molar-refractivity contribution in [2.75, 3.05) is 0 Å². The predicted molar refractivity (Wildman–Crippen MR) is 107 cm³/mol. The molecule has 0 spiro atoms. The van der Waals surface area contributed by atoms with Gasteiger partial charge in [0, 0.05) is 0 Å². The molecule has 8 heteroatoms. The van der Waals surface area contributed by atoms with Gasteiger partial charge in [-0.25, -0.2) is 0 Å². The van der Waals surface area contributed by atoms with Gasteiger partial charge in [0.1, 0.15) is 0 Å². The van der Waals surface area contributed by atoms with Crippen LogP contribution in [0.3, 0.4) is 0 Å². The third-order valence-corrected chi connectivity index (χ3v) is 0. The summed E-state index contributed by atoms with van der Waals surface area (Å²) in [6, 6.07) is 0. The molecule has 0 amide bonds. The normalized spacial score (nSPS) is 0.